The summed E-state index contributed by atoms with van der Waals surface area (Å²) in [4.78, 5) is 0. The Hall–Kier alpha value is -0.0800. The Kier molecular flexibility index (Phi) is 4.20. The standard InChI is InChI=1S/C11H23NO/c1-3-8-11(2,9-13)12-10-6-4-5-7-10/h10,12-13H,3-9H2,1-2H3. The van der Waals surface area contributed by atoms with Crippen molar-refractivity contribution < 1.29 is 5.11 Å². The Morgan fingerprint density at radius 3 is 2.46 bits per heavy atom. The summed E-state index contributed by atoms with van der Waals surface area (Å²) in [6.45, 7) is 4.57. The molecule has 0 heterocycles. The molecule has 13 heavy (non-hydrogen) atoms. The molecule has 0 amide bonds. The van der Waals surface area contributed by atoms with Crippen molar-refractivity contribution in [2.45, 2.75) is 64.0 Å². The van der Waals surface area contributed by atoms with Crippen LogP contribution in [-0.4, -0.2) is 23.3 Å². The molecule has 0 radical (unpaired) electrons. The van der Waals surface area contributed by atoms with Gasteiger partial charge in [0.05, 0.1) is 6.61 Å². The normalized spacial score (nSPS) is 23.3. The van der Waals surface area contributed by atoms with Crippen LogP contribution in [0.15, 0.2) is 0 Å². The van der Waals surface area contributed by atoms with Crippen LogP contribution in [0, 0.1) is 0 Å². The van der Waals surface area contributed by atoms with Crippen LogP contribution in [0.1, 0.15) is 52.4 Å². The number of hydrogen-bond acceptors (Lipinski definition) is 2. The van der Waals surface area contributed by atoms with E-state index in [1.165, 1.54) is 25.7 Å². The van der Waals surface area contributed by atoms with Gasteiger partial charge in [-0.25, -0.2) is 0 Å². The summed E-state index contributed by atoms with van der Waals surface area (Å²) in [5, 5.41) is 12.9. The zero-order valence-corrected chi connectivity index (χ0v) is 8.97. The molecule has 1 aliphatic carbocycles. The number of aliphatic hydroxyl groups is 1. The van der Waals surface area contributed by atoms with Crippen LogP contribution in [0.4, 0.5) is 0 Å². The van der Waals surface area contributed by atoms with Gasteiger partial charge in [0, 0.05) is 11.6 Å². The Balaban J connectivity index is 2.36. The third-order valence-corrected chi connectivity index (χ3v) is 3.06. The van der Waals surface area contributed by atoms with E-state index in [0.717, 1.165) is 12.8 Å². The van der Waals surface area contributed by atoms with Gasteiger partial charge in [-0.2, -0.15) is 0 Å². The van der Waals surface area contributed by atoms with E-state index in [4.69, 9.17) is 0 Å². The van der Waals surface area contributed by atoms with Crippen molar-refractivity contribution >= 4 is 0 Å². The lowest BCUT2D eigenvalue weighted by molar-refractivity contribution is 0.151. The van der Waals surface area contributed by atoms with Crippen LogP contribution in [0.5, 0.6) is 0 Å². The van der Waals surface area contributed by atoms with E-state index in [1.807, 2.05) is 0 Å². The molecule has 1 aliphatic rings. The summed E-state index contributed by atoms with van der Waals surface area (Å²) < 4.78 is 0. The first-order chi connectivity index (χ1) is 6.20. The fraction of sp³-hybridized carbons (Fsp3) is 1.00. The fourth-order valence-corrected chi connectivity index (χ4v) is 2.31. The van der Waals surface area contributed by atoms with Gasteiger partial charge in [-0.3, -0.25) is 0 Å². The molecule has 0 spiro atoms. The Morgan fingerprint density at radius 2 is 2.00 bits per heavy atom. The van der Waals surface area contributed by atoms with E-state index in [9.17, 15) is 5.11 Å². The first kappa shape index (κ1) is 11.0. The zero-order chi connectivity index (χ0) is 9.73. The maximum absolute atomic E-state index is 9.31. The summed E-state index contributed by atoms with van der Waals surface area (Å²) >= 11 is 0. The summed E-state index contributed by atoms with van der Waals surface area (Å²) in [5.41, 5.74) is -0.0379. The van der Waals surface area contributed by atoms with Gasteiger partial charge in [0.25, 0.3) is 0 Å². The number of aliphatic hydroxyl groups excluding tert-OH is 1. The largest absolute Gasteiger partial charge is 0.394 e. The van der Waals surface area contributed by atoms with Crippen LogP contribution in [-0.2, 0) is 0 Å². The molecule has 1 unspecified atom stereocenters. The molecule has 1 rings (SSSR count). The second-order valence-electron chi connectivity index (χ2n) is 4.59. The molecule has 1 atom stereocenters. The minimum atomic E-state index is -0.0379. The lowest BCUT2D eigenvalue weighted by Gasteiger charge is -2.32. The van der Waals surface area contributed by atoms with Crippen LogP contribution >= 0.6 is 0 Å². The Labute approximate surface area is 81.7 Å². The van der Waals surface area contributed by atoms with Gasteiger partial charge in [0.15, 0.2) is 0 Å². The highest BCUT2D eigenvalue weighted by Crippen LogP contribution is 2.22. The molecule has 2 nitrogen and oxygen atoms in total. The smallest absolute Gasteiger partial charge is 0.0610 e. The second kappa shape index (κ2) is 4.97. The highest BCUT2D eigenvalue weighted by molar-refractivity contribution is 4.87. The van der Waals surface area contributed by atoms with Gasteiger partial charge in [-0.1, -0.05) is 26.2 Å². The quantitative estimate of drug-likeness (QED) is 0.687. The van der Waals surface area contributed by atoms with Crippen molar-refractivity contribution in [2.24, 2.45) is 0 Å². The number of rotatable bonds is 5. The highest BCUT2D eigenvalue weighted by atomic mass is 16.3. The SMILES string of the molecule is CCCC(C)(CO)NC1CCCC1. The van der Waals surface area contributed by atoms with Crippen LogP contribution in [0.3, 0.4) is 0 Å². The molecule has 0 bridgehead atoms. The van der Waals surface area contributed by atoms with Gasteiger partial charge >= 0.3 is 0 Å². The maximum Gasteiger partial charge on any atom is 0.0610 e. The molecule has 0 aliphatic heterocycles. The predicted molar refractivity (Wildman–Crippen MR) is 55.8 cm³/mol. The van der Waals surface area contributed by atoms with Crippen LogP contribution in [0.2, 0.25) is 0 Å². The first-order valence-corrected chi connectivity index (χ1v) is 5.59. The van der Waals surface area contributed by atoms with Crippen molar-refractivity contribution in [3.63, 3.8) is 0 Å². The van der Waals surface area contributed by atoms with Crippen molar-refractivity contribution in [3.05, 3.63) is 0 Å². The van der Waals surface area contributed by atoms with Crippen molar-refractivity contribution in [3.8, 4) is 0 Å². The number of hydrogen-bond donors (Lipinski definition) is 2. The van der Waals surface area contributed by atoms with E-state index in [-0.39, 0.29) is 12.1 Å². The Morgan fingerprint density at radius 1 is 1.38 bits per heavy atom. The fourth-order valence-electron chi connectivity index (χ4n) is 2.31. The van der Waals surface area contributed by atoms with Gasteiger partial charge in [0.2, 0.25) is 0 Å². The minimum Gasteiger partial charge on any atom is -0.394 e. The molecule has 1 saturated carbocycles. The van der Waals surface area contributed by atoms with Crippen molar-refractivity contribution in [1.82, 2.24) is 5.32 Å². The predicted octanol–water partition coefficient (Wildman–Crippen LogP) is 2.07. The van der Waals surface area contributed by atoms with Gasteiger partial charge in [-0.15, -0.1) is 0 Å². The average molecular weight is 185 g/mol. The maximum atomic E-state index is 9.31. The third kappa shape index (κ3) is 3.28. The van der Waals surface area contributed by atoms with Gasteiger partial charge in [-0.05, 0) is 26.2 Å². The zero-order valence-electron chi connectivity index (χ0n) is 8.97. The third-order valence-electron chi connectivity index (χ3n) is 3.06. The highest BCUT2D eigenvalue weighted by Gasteiger charge is 2.26. The molecule has 0 aromatic carbocycles. The van der Waals surface area contributed by atoms with Gasteiger partial charge < -0.3 is 10.4 Å². The Bertz CT molecular complexity index is 143. The molecule has 2 N–H and O–H groups in total. The lowest BCUT2D eigenvalue weighted by atomic mass is 9.95. The molecule has 0 aromatic rings. The molecule has 0 saturated heterocycles. The van der Waals surface area contributed by atoms with E-state index < -0.39 is 0 Å². The number of nitrogens with one attached hydrogen (secondary N) is 1. The molecular weight excluding hydrogens is 162 g/mol. The van der Waals surface area contributed by atoms with Crippen LogP contribution < -0.4 is 5.32 Å². The molecular formula is C11H23NO. The molecule has 2 heteroatoms. The molecule has 78 valence electrons. The van der Waals surface area contributed by atoms with Crippen molar-refractivity contribution in [1.29, 1.82) is 0 Å². The monoisotopic (exact) mass is 185 g/mol. The van der Waals surface area contributed by atoms with E-state index >= 15 is 0 Å². The first-order valence-electron chi connectivity index (χ1n) is 5.59. The summed E-state index contributed by atoms with van der Waals surface area (Å²) in [6, 6.07) is 0.656. The summed E-state index contributed by atoms with van der Waals surface area (Å²) in [7, 11) is 0. The average Bonchev–Trinajstić information content (AvgIpc) is 2.57. The van der Waals surface area contributed by atoms with Crippen LogP contribution in [0.25, 0.3) is 0 Å². The van der Waals surface area contributed by atoms with Crippen molar-refractivity contribution in [2.75, 3.05) is 6.61 Å². The topological polar surface area (TPSA) is 32.3 Å². The van der Waals surface area contributed by atoms with E-state index in [2.05, 4.69) is 19.2 Å². The molecule has 0 aromatic heterocycles. The summed E-state index contributed by atoms with van der Waals surface area (Å²) in [6.07, 6.45) is 7.49. The lowest BCUT2D eigenvalue weighted by Crippen LogP contribution is -2.49. The van der Waals surface area contributed by atoms with E-state index in [1.54, 1.807) is 0 Å². The summed E-state index contributed by atoms with van der Waals surface area (Å²) in [5.74, 6) is 0. The minimum absolute atomic E-state index is 0.0379. The van der Waals surface area contributed by atoms with E-state index in [0.29, 0.717) is 6.04 Å². The second-order valence-corrected chi connectivity index (χ2v) is 4.59. The molecule has 1 fully saturated rings. The van der Waals surface area contributed by atoms with Gasteiger partial charge in [0.1, 0.15) is 0 Å².